The molecule has 0 amide bonds. The molecule has 4 rings (SSSR count). The fraction of sp³-hybridized carbons (Fsp3) is 0.235. The zero-order valence-electron chi connectivity index (χ0n) is 12.7. The molecule has 0 bridgehead atoms. The molecular formula is C17H16N4O. The Labute approximate surface area is 126 Å². The first kappa shape index (κ1) is 13.0. The maximum absolute atomic E-state index is 12.3. The molecule has 110 valence electrons. The number of benzene rings is 1. The number of nitrogens with zero attached hydrogens (tertiary/aromatic N) is 2. The van der Waals surface area contributed by atoms with Gasteiger partial charge in [0.1, 0.15) is 5.82 Å². The van der Waals surface area contributed by atoms with Crippen LogP contribution >= 0.6 is 0 Å². The van der Waals surface area contributed by atoms with Crippen LogP contribution in [0.5, 0.6) is 0 Å². The second-order valence-electron chi connectivity index (χ2n) is 6.55. The van der Waals surface area contributed by atoms with E-state index >= 15 is 0 Å². The van der Waals surface area contributed by atoms with Crippen LogP contribution in [0.2, 0.25) is 0 Å². The number of H-pyrrole nitrogens is 2. The second kappa shape index (κ2) is 4.16. The van der Waals surface area contributed by atoms with E-state index in [-0.39, 0.29) is 11.0 Å². The van der Waals surface area contributed by atoms with Crippen LogP contribution in [0.3, 0.4) is 0 Å². The molecule has 0 radical (unpaired) electrons. The highest BCUT2D eigenvalue weighted by molar-refractivity contribution is 6.21. The third kappa shape index (κ3) is 1.68. The summed E-state index contributed by atoms with van der Waals surface area (Å²) >= 11 is 0. The quantitative estimate of drug-likeness (QED) is 0.488. The molecule has 1 aromatic carbocycles. The predicted molar refractivity (Wildman–Crippen MR) is 88.2 cm³/mol. The largest absolute Gasteiger partial charge is 0.340 e. The molecule has 3 heterocycles. The van der Waals surface area contributed by atoms with Gasteiger partial charge in [-0.3, -0.25) is 9.78 Å². The molecule has 0 fully saturated rings. The van der Waals surface area contributed by atoms with E-state index in [1.807, 2.05) is 18.2 Å². The maximum Gasteiger partial charge on any atom is 0.256 e. The van der Waals surface area contributed by atoms with Gasteiger partial charge in [-0.1, -0.05) is 26.8 Å². The molecule has 0 saturated heterocycles. The highest BCUT2D eigenvalue weighted by Gasteiger charge is 2.21. The topological polar surface area (TPSA) is 74.4 Å². The minimum Gasteiger partial charge on any atom is -0.340 e. The van der Waals surface area contributed by atoms with Crippen molar-refractivity contribution in [2.45, 2.75) is 26.2 Å². The molecule has 3 aromatic heterocycles. The molecule has 0 saturated carbocycles. The Morgan fingerprint density at radius 2 is 1.86 bits per heavy atom. The van der Waals surface area contributed by atoms with E-state index in [1.165, 1.54) is 0 Å². The van der Waals surface area contributed by atoms with Gasteiger partial charge < -0.3 is 9.97 Å². The summed E-state index contributed by atoms with van der Waals surface area (Å²) in [7, 11) is 0. The number of aromatic amines is 2. The minimum atomic E-state index is -0.113. The number of hydrogen-bond donors (Lipinski definition) is 2. The minimum absolute atomic E-state index is 0.104. The van der Waals surface area contributed by atoms with Gasteiger partial charge in [0.05, 0.1) is 21.9 Å². The lowest BCUT2D eigenvalue weighted by Crippen LogP contribution is -2.13. The number of imidazole rings is 1. The number of aromatic nitrogens is 4. The maximum atomic E-state index is 12.3. The molecule has 0 spiro atoms. The van der Waals surface area contributed by atoms with E-state index < -0.39 is 0 Å². The van der Waals surface area contributed by atoms with Gasteiger partial charge in [0.25, 0.3) is 5.56 Å². The second-order valence-corrected chi connectivity index (χ2v) is 6.55. The van der Waals surface area contributed by atoms with Crippen molar-refractivity contribution < 1.29 is 0 Å². The van der Waals surface area contributed by atoms with Crippen molar-refractivity contribution >= 4 is 32.7 Å². The van der Waals surface area contributed by atoms with Crippen molar-refractivity contribution in [3.05, 3.63) is 46.8 Å². The number of hydrogen-bond acceptors (Lipinski definition) is 3. The van der Waals surface area contributed by atoms with Crippen molar-refractivity contribution in [3.63, 3.8) is 0 Å². The third-order valence-corrected chi connectivity index (χ3v) is 3.94. The average Bonchev–Trinajstić information content (AvgIpc) is 2.93. The Bertz CT molecular complexity index is 1080. The molecule has 22 heavy (non-hydrogen) atoms. The molecule has 5 heteroatoms. The lowest BCUT2D eigenvalue weighted by atomic mass is 9.96. The van der Waals surface area contributed by atoms with Crippen molar-refractivity contribution in [3.8, 4) is 0 Å². The third-order valence-electron chi connectivity index (χ3n) is 3.94. The highest BCUT2D eigenvalue weighted by Crippen LogP contribution is 2.32. The van der Waals surface area contributed by atoms with Gasteiger partial charge in [-0.2, -0.15) is 0 Å². The van der Waals surface area contributed by atoms with E-state index in [9.17, 15) is 4.79 Å². The molecule has 0 aliphatic carbocycles. The van der Waals surface area contributed by atoms with Crippen LogP contribution in [-0.4, -0.2) is 19.9 Å². The zero-order valence-corrected chi connectivity index (χ0v) is 12.7. The fourth-order valence-electron chi connectivity index (χ4n) is 2.84. The lowest BCUT2D eigenvalue weighted by Gasteiger charge is -2.13. The molecule has 4 aromatic rings. The van der Waals surface area contributed by atoms with E-state index in [4.69, 9.17) is 4.98 Å². The van der Waals surface area contributed by atoms with Crippen LogP contribution in [0, 0.1) is 0 Å². The summed E-state index contributed by atoms with van der Waals surface area (Å²) in [6, 6.07) is 5.68. The van der Waals surface area contributed by atoms with Crippen molar-refractivity contribution in [1.82, 2.24) is 19.9 Å². The molecule has 2 N–H and O–H groups in total. The first-order chi connectivity index (χ1) is 10.5. The molecule has 0 atom stereocenters. The summed E-state index contributed by atoms with van der Waals surface area (Å²) in [5.41, 5.74) is 2.26. The van der Waals surface area contributed by atoms with Crippen LogP contribution in [0.1, 0.15) is 26.6 Å². The Morgan fingerprint density at radius 3 is 2.64 bits per heavy atom. The van der Waals surface area contributed by atoms with Crippen LogP contribution in [0.25, 0.3) is 32.7 Å². The monoisotopic (exact) mass is 292 g/mol. The molecule has 0 unspecified atom stereocenters. The summed E-state index contributed by atoms with van der Waals surface area (Å²) in [4.78, 5) is 27.7. The van der Waals surface area contributed by atoms with Crippen LogP contribution in [0.15, 0.2) is 35.4 Å². The van der Waals surface area contributed by atoms with Gasteiger partial charge in [0.2, 0.25) is 0 Å². The standard InChI is InChI=1S/C17H16N4O/c1-17(2,3)16-20-13-10-6-8-19-15(22)11(10)9-5-4-7-18-12(9)14(13)21-16/h4-8H,1-3H3,(H,19,22)(H,20,21). The number of pyridine rings is 2. The zero-order chi connectivity index (χ0) is 15.5. The van der Waals surface area contributed by atoms with Crippen LogP contribution in [0.4, 0.5) is 0 Å². The van der Waals surface area contributed by atoms with Crippen molar-refractivity contribution in [1.29, 1.82) is 0 Å². The Kier molecular flexibility index (Phi) is 2.46. The Balaban J connectivity index is 2.35. The van der Waals surface area contributed by atoms with Gasteiger partial charge in [-0.05, 0) is 12.1 Å². The summed E-state index contributed by atoms with van der Waals surface area (Å²) < 4.78 is 0. The fourth-order valence-corrected chi connectivity index (χ4v) is 2.84. The number of fused-ring (bicyclic) bond motifs is 6. The SMILES string of the molecule is CC(C)(C)c1nc2c3cc[nH]c(=O)c3c3cccnc3c2[nH]1. The van der Waals surface area contributed by atoms with Crippen LogP contribution in [-0.2, 0) is 5.41 Å². The van der Waals surface area contributed by atoms with Gasteiger partial charge in [-0.25, -0.2) is 4.98 Å². The number of rotatable bonds is 0. The van der Waals surface area contributed by atoms with Gasteiger partial charge in [0, 0.05) is 28.6 Å². The molecular weight excluding hydrogens is 276 g/mol. The predicted octanol–water partition coefficient (Wildman–Crippen LogP) is 3.25. The van der Waals surface area contributed by atoms with Crippen molar-refractivity contribution in [2.24, 2.45) is 0 Å². The van der Waals surface area contributed by atoms with Gasteiger partial charge in [-0.15, -0.1) is 0 Å². The summed E-state index contributed by atoms with van der Waals surface area (Å²) in [6.45, 7) is 6.32. The smallest absolute Gasteiger partial charge is 0.256 e. The Morgan fingerprint density at radius 1 is 1.09 bits per heavy atom. The molecule has 0 aliphatic rings. The number of nitrogens with one attached hydrogen (secondary N) is 2. The van der Waals surface area contributed by atoms with E-state index in [0.717, 1.165) is 33.1 Å². The average molecular weight is 292 g/mol. The highest BCUT2D eigenvalue weighted by atomic mass is 16.1. The summed E-state index contributed by atoms with van der Waals surface area (Å²) in [6.07, 6.45) is 3.40. The van der Waals surface area contributed by atoms with Crippen LogP contribution < -0.4 is 5.56 Å². The van der Waals surface area contributed by atoms with Gasteiger partial charge in [0.15, 0.2) is 0 Å². The van der Waals surface area contributed by atoms with E-state index in [0.29, 0.717) is 5.39 Å². The van der Waals surface area contributed by atoms with E-state index in [1.54, 1.807) is 12.4 Å². The first-order valence-corrected chi connectivity index (χ1v) is 7.25. The Hall–Kier alpha value is -2.69. The van der Waals surface area contributed by atoms with Gasteiger partial charge >= 0.3 is 0 Å². The lowest BCUT2D eigenvalue weighted by molar-refractivity contribution is 0.554. The van der Waals surface area contributed by atoms with E-state index in [2.05, 4.69) is 35.7 Å². The molecule has 5 nitrogen and oxygen atoms in total. The summed E-state index contributed by atoms with van der Waals surface area (Å²) in [5, 5.41) is 2.34. The molecule has 0 aliphatic heterocycles. The van der Waals surface area contributed by atoms with Crippen molar-refractivity contribution in [2.75, 3.05) is 0 Å². The normalized spacial score (nSPS) is 12.5. The first-order valence-electron chi connectivity index (χ1n) is 7.25. The summed E-state index contributed by atoms with van der Waals surface area (Å²) in [5.74, 6) is 0.891.